The lowest BCUT2D eigenvalue weighted by Gasteiger charge is -2.10. The van der Waals surface area contributed by atoms with Crippen molar-refractivity contribution in [3.8, 4) is 0 Å². The average molecular weight is 253 g/mol. The Kier molecular flexibility index (Phi) is 4.00. The van der Waals surface area contributed by atoms with Crippen LogP contribution in [0.15, 0.2) is 42.5 Å². The molecular weight excluding hydrogens is 234 g/mol. The first-order chi connectivity index (χ1) is 9.06. The monoisotopic (exact) mass is 253 g/mol. The van der Waals surface area contributed by atoms with Gasteiger partial charge in [0.15, 0.2) is 5.78 Å². The summed E-state index contributed by atoms with van der Waals surface area (Å²) < 4.78 is 0. The Morgan fingerprint density at radius 2 is 1.74 bits per heavy atom. The van der Waals surface area contributed by atoms with Gasteiger partial charge in [0.05, 0.1) is 0 Å². The minimum atomic E-state index is 0.0982. The van der Waals surface area contributed by atoms with E-state index in [2.05, 4.69) is 37.4 Å². The van der Waals surface area contributed by atoms with Crippen molar-refractivity contribution in [3.63, 3.8) is 0 Å². The van der Waals surface area contributed by atoms with E-state index in [1.807, 2.05) is 24.3 Å². The van der Waals surface area contributed by atoms with Gasteiger partial charge in [0, 0.05) is 17.8 Å². The summed E-state index contributed by atoms with van der Waals surface area (Å²) in [5.41, 5.74) is 5.65. The number of rotatable bonds is 4. The molecule has 98 valence electrons. The minimum Gasteiger partial charge on any atom is -0.381 e. The molecule has 2 rings (SSSR count). The van der Waals surface area contributed by atoms with Crippen molar-refractivity contribution in [1.82, 2.24) is 0 Å². The van der Waals surface area contributed by atoms with Gasteiger partial charge >= 0.3 is 0 Å². The Bertz CT molecular complexity index is 585. The van der Waals surface area contributed by atoms with Gasteiger partial charge in [0.25, 0.3) is 0 Å². The Hall–Kier alpha value is -2.09. The number of hydrogen-bond donors (Lipinski definition) is 1. The highest BCUT2D eigenvalue weighted by atomic mass is 16.1. The van der Waals surface area contributed by atoms with Crippen molar-refractivity contribution in [3.05, 3.63) is 64.7 Å². The quantitative estimate of drug-likeness (QED) is 0.830. The van der Waals surface area contributed by atoms with Crippen LogP contribution in [-0.2, 0) is 6.54 Å². The zero-order valence-electron chi connectivity index (χ0n) is 11.7. The molecule has 0 atom stereocenters. The van der Waals surface area contributed by atoms with Gasteiger partial charge in [0.2, 0.25) is 0 Å². The van der Waals surface area contributed by atoms with Crippen LogP contribution in [-0.4, -0.2) is 5.78 Å². The van der Waals surface area contributed by atoms with Crippen molar-refractivity contribution >= 4 is 11.5 Å². The van der Waals surface area contributed by atoms with Crippen LogP contribution >= 0.6 is 0 Å². The first-order valence-electron chi connectivity index (χ1n) is 6.47. The summed E-state index contributed by atoms with van der Waals surface area (Å²) in [5, 5.41) is 3.38. The van der Waals surface area contributed by atoms with E-state index in [9.17, 15) is 4.79 Å². The van der Waals surface area contributed by atoms with Gasteiger partial charge in [-0.25, -0.2) is 0 Å². The van der Waals surface area contributed by atoms with Gasteiger partial charge in [-0.3, -0.25) is 4.79 Å². The fraction of sp³-hybridized carbons (Fsp3) is 0.235. The molecule has 0 heterocycles. The van der Waals surface area contributed by atoms with Crippen LogP contribution in [0.3, 0.4) is 0 Å². The van der Waals surface area contributed by atoms with Crippen molar-refractivity contribution in [2.45, 2.75) is 27.3 Å². The summed E-state index contributed by atoms with van der Waals surface area (Å²) in [7, 11) is 0. The number of benzene rings is 2. The largest absolute Gasteiger partial charge is 0.381 e. The van der Waals surface area contributed by atoms with Gasteiger partial charge in [-0.15, -0.1) is 0 Å². The third-order valence-electron chi connectivity index (χ3n) is 3.28. The average Bonchev–Trinajstić information content (AvgIpc) is 2.40. The molecule has 2 aromatic carbocycles. The lowest BCUT2D eigenvalue weighted by molar-refractivity contribution is 0.101. The van der Waals surface area contributed by atoms with Crippen LogP contribution in [0, 0.1) is 13.8 Å². The van der Waals surface area contributed by atoms with Crippen LogP contribution in [0.2, 0.25) is 0 Å². The number of nitrogens with one attached hydrogen (secondary N) is 1. The number of carbonyl (C=O) groups is 1. The number of hydrogen-bond acceptors (Lipinski definition) is 2. The normalized spacial score (nSPS) is 10.3. The minimum absolute atomic E-state index is 0.0982. The topological polar surface area (TPSA) is 29.1 Å². The molecule has 0 saturated carbocycles. The summed E-state index contributed by atoms with van der Waals surface area (Å²) in [6, 6.07) is 14.1. The third-order valence-corrected chi connectivity index (χ3v) is 3.28. The molecule has 0 spiro atoms. The summed E-state index contributed by atoms with van der Waals surface area (Å²) >= 11 is 0. The fourth-order valence-electron chi connectivity index (χ4n) is 2.01. The van der Waals surface area contributed by atoms with Gasteiger partial charge in [-0.05, 0) is 56.2 Å². The number of ketones is 1. The number of carbonyl (C=O) groups excluding carboxylic acids is 1. The summed E-state index contributed by atoms with van der Waals surface area (Å²) in [4.78, 5) is 11.2. The molecular formula is C17H19NO. The number of Topliss-reactive ketones (excluding diaryl/α,β-unsaturated/α-hetero) is 1. The third kappa shape index (κ3) is 3.44. The van der Waals surface area contributed by atoms with Crippen LogP contribution in [0.25, 0.3) is 0 Å². The van der Waals surface area contributed by atoms with Gasteiger partial charge < -0.3 is 5.32 Å². The maximum Gasteiger partial charge on any atom is 0.159 e. The molecule has 0 bridgehead atoms. The molecule has 2 nitrogen and oxygen atoms in total. The van der Waals surface area contributed by atoms with E-state index in [0.29, 0.717) is 0 Å². The molecule has 0 aliphatic heterocycles. The zero-order chi connectivity index (χ0) is 13.8. The summed E-state index contributed by atoms with van der Waals surface area (Å²) in [6.45, 7) is 6.60. The van der Waals surface area contributed by atoms with Crippen molar-refractivity contribution in [1.29, 1.82) is 0 Å². The van der Waals surface area contributed by atoms with E-state index in [-0.39, 0.29) is 5.78 Å². The molecule has 1 N–H and O–H groups in total. The van der Waals surface area contributed by atoms with Crippen LogP contribution < -0.4 is 5.32 Å². The molecule has 19 heavy (non-hydrogen) atoms. The molecule has 0 aliphatic carbocycles. The molecule has 0 unspecified atom stereocenters. The Morgan fingerprint density at radius 3 is 2.37 bits per heavy atom. The molecule has 0 aliphatic rings. The molecule has 2 aromatic rings. The van der Waals surface area contributed by atoms with Gasteiger partial charge in [-0.1, -0.05) is 23.8 Å². The van der Waals surface area contributed by atoms with E-state index in [1.165, 1.54) is 16.7 Å². The Morgan fingerprint density at radius 1 is 1.05 bits per heavy atom. The molecule has 0 amide bonds. The predicted octanol–water partition coefficient (Wildman–Crippen LogP) is 4.12. The van der Waals surface area contributed by atoms with Crippen molar-refractivity contribution in [2.75, 3.05) is 5.32 Å². The van der Waals surface area contributed by atoms with E-state index in [0.717, 1.165) is 17.8 Å². The smallest absolute Gasteiger partial charge is 0.159 e. The maximum atomic E-state index is 11.2. The van der Waals surface area contributed by atoms with Crippen molar-refractivity contribution in [2.24, 2.45) is 0 Å². The second-order valence-electron chi connectivity index (χ2n) is 4.92. The van der Waals surface area contributed by atoms with Gasteiger partial charge in [-0.2, -0.15) is 0 Å². The maximum absolute atomic E-state index is 11.2. The van der Waals surface area contributed by atoms with E-state index < -0.39 is 0 Å². The fourth-order valence-corrected chi connectivity index (χ4v) is 2.01. The van der Waals surface area contributed by atoms with Gasteiger partial charge in [0.1, 0.15) is 0 Å². The SMILES string of the molecule is CC(=O)c1ccc(NCc2cc(C)ccc2C)cc1. The Balaban J connectivity index is 2.06. The van der Waals surface area contributed by atoms with E-state index >= 15 is 0 Å². The van der Waals surface area contributed by atoms with Crippen LogP contribution in [0.1, 0.15) is 34.0 Å². The summed E-state index contributed by atoms with van der Waals surface area (Å²) in [6.07, 6.45) is 0. The molecule has 0 saturated heterocycles. The lowest BCUT2D eigenvalue weighted by Crippen LogP contribution is -2.02. The predicted molar refractivity (Wildman–Crippen MR) is 79.7 cm³/mol. The van der Waals surface area contributed by atoms with E-state index in [4.69, 9.17) is 0 Å². The first kappa shape index (κ1) is 13.3. The van der Waals surface area contributed by atoms with Crippen molar-refractivity contribution < 1.29 is 4.79 Å². The first-order valence-corrected chi connectivity index (χ1v) is 6.47. The zero-order valence-corrected chi connectivity index (χ0v) is 11.7. The molecule has 0 radical (unpaired) electrons. The van der Waals surface area contributed by atoms with Crippen LogP contribution in [0.4, 0.5) is 5.69 Å². The van der Waals surface area contributed by atoms with Crippen LogP contribution in [0.5, 0.6) is 0 Å². The Labute approximate surface area is 114 Å². The highest BCUT2D eigenvalue weighted by molar-refractivity contribution is 5.94. The standard InChI is InChI=1S/C17H19NO/c1-12-4-5-13(2)16(10-12)11-18-17-8-6-15(7-9-17)14(3)19/h4-10,18H,11H2,1-3H3. The lowest BCUT2D eigenvalue weighted by atomic mass is 10.1. The molecule has 2 heteroatoms. The van der Waals surface area contributed by atoms with E-state index in [1.54, 1.807) is 6.92 Å². The molecule has 0 aromatic heterocycles. The highest BCUT2D eigenvalue weighted by Crippen LogP contribution is 2.15. The second kappa shape index (κ2) is 5.70. The highest BCUT2D eigenvalue weighted by Gasteiger charge is 2.01. The number of anilines is 1. The second-order valence-corrected chi connectivity index (χ2v) is 4.92. The summed E-state index contributed by atoms with van der Waals surface area (Å²) in [5.74, 6) is 0.0982. The molecule has 0 fully saturated rings. The number of aryl methyl sites for hydroxylation is 2.